The van der Waals surface area contributed by atoms with Crippen LogP contribution in [0.1, 0.15) is 22.8 Å². The summed E-state index contributed by atoms with van der Waals surface area (Å²) < 4.78 is 0. The van der Waals surface area contributed by atoms with E-state index in [0.29, 0.717) is 0 Å². The number of phenols is 1. The van der Waals surface area contributed by atoms with E-state index >= 15 is 0 Å². The number of hydrogen-bond acceptors (Lipinski definition) is 10. The van der Waals surface area contributed by atoms with E-state index in [9.17, 15) is 44.4 Å². The number of carbonyl (C=O) groups is 5. The van der Waals surface area contributed by atoms with Crippen LogP contribution in [0.5, 0.6) is 5.75 Å². The predicted octanol–water partition coefficient (Wildman–Crippen LogP) is -2.50. The Bertz CT molecular complexity index is 1130. The largest absolute Gasteiger partial charge is 0.507 e. The molecule has 3 aliphatic carbocycles. The highest BCUT2D eigenvalue weighted by Gasteiger charge is 2.74. The van der Waals surface area contributed by atoms with Crippen LogP contribution in [0.2, 0.25) is 0 Å². The van der Waals surface area contributed by atoms with Gasteiger partial charge in [-0.2, -0.15) is 0 Å². The van der Waals surface area contributed by atoms with Gasteiger partial charge in [0.1, 0.15) is 5.75 Å². The lowest BCUT2D eigenvalue weighted by Crippen LogP contribution is -2.78. The van der Waals surface area contributed by atoms with Crippen LogP contribution >= 0.6 is 0 Å². The highest BCUT2D eigenvalue weighted by Crippen LogP contribution is 2.55. The number of primary amides is 1. The van der Waals surface area contributed by atoms with E-state index < -0.39 is 81.8 Å². The van der Waals surface area contributed by atoms with E-state index in [4.69, 9.17) is 5.73 Å². The smallest absolute Gasteiger partial charge is 0.235 e. The number of ketones is 4. The molecule has 0 heterocycles. The molecule has 3 aliphatic rings. The molecular formula is C22H24N2O9. The minimum Gasteiger partial charge on any atom is -0.507 e. The van der Waals surface area contributed by atoms with Crippen LogP contribution in [-0.4, -0.2) is 86.2 Å². The van der Waals surface area contributed by atoms with Crippen LogP contribution in [0, 0.1) is 23.7 Å². The van der Waals surface area contributed by atoms with Crippen molar-refractivity contribution in [2.24, 2.45) is 29.4 Å². The van der Waals surface area contributed by atoms with Gasteiger partial charge in [-0.1, -0.05) is 12.1 Å². The number of benzene rings is 1. The monoisotopic (exact) mass is 460 g/mol. The van der Waals surface area contributed by atoms with E-state index in [0.717, 1.165) is 0 Å². The Labute approximate surface area is 187 Å². The summed E-state index contributed by atoms with van der Waals surface area (Å²) in [6.45, 7) is 1.24. The molecule has 11 nitrogen and oxygen atoms in total. The molecule has 33 heavy (non-hydrogen) atoms. The molecule has 0 spiro atoms. The van der Waals surface area contributed by atoms with Gasteiger partial charge in [-0.3, -0.25) is 28.9 Å². The van der Waals surface area contributed by atoms with Crippen LogP contribution in [0.3, 0.4) is 0 Å². The summed E-state index contributed by atoms with van der Waals surface area (Å²) in [5, 5.41) is 44.5. The third-order valence-corrected chi connectivity index (χ3v) is 7.40. The standard InChI is InChI=1S/C22H24N2O9/c1-21(32)7-5-4-6-8(25)9(7)15(26)10-12(21)17(28)13-14(24(2)3)16(27)11(20(23)31)19(30)22(13,33)18(10)29/h4-6,10-14,17,25,28,32-33H,1-3H3,(H2,23,31)/t10?,11?,12?,13?,14-,17?,21+,22-/m0/s1. The molecule has 0 saturated heterocycles. The molecule has 2 fully saturated rings. The molecule has 6 N–H and O–H groups in total. The lowest BCUT2D eigenvalue weighted by molar-refractivity contribution is -0.210. The van der Waals surface area contributed by atoms with Gasteiger partial charge in [-0.25, -0.2) is 0 Å². The van der Waals surface area contributed by atoms with Gasteiger partial charge >= 0.3 is 0 Å². The van der Waals surface area contributed by atoms with Crippen molar-refractivity contribution < 1.29 is 44.4 Å². The minimum absolute atomic E-state index is 0.0454. The minimum atomic E-state index is -3.10. The third kappa shape index (κ3) is 2.67. The maximum Gasteiger partial charge on any atom is 0.235 e. The number of nitrogens with zero attached hydrogens (tertiary/aromatic N) is 1. The van der Waals surface area contributed by atoms with Gasteiger partial charge in [0, 0.05) is 5.92 Å². The number of aromatic hydroxyl groups is 1. The second-order valence-electron chi connectivity index (χ2n) is 9.37. The molecule has 0 aromatic heterocycles. The number of phenolic OH excluding ortho intramolecular Hbond substituents is 1. The highest BCUT2D eigenvalue weighted by molar-refractivity contribution is 6.32. The van der Waals surface area contributed by atoms with Gasteiger partial charge in [-0.15, -0.1) is 0 Å². The normalized spacial score (nSPS) is 40.3. The molecule has 11 heteroatoms. The SMILES string of the molecule is CN(C)[C@@H]1C(=O)C(C(N)=O)C(=O)[C@@]2(O)C(=O)C3C(=O)c4c(O)cccc4[C@@](C)(O)C3C(O)C12. The molecule has 5 unspecified atom stereocenters. The summed E-state index contributed by atoms with van der Waals surface area (Å²) in [5.74, 6) is -14.2. The van der Waals surface area contributed by atoms with E-state index in [-0.39, 0.29) is 11.1 Å². The molecule has 1 aromatic rings. The van der Waals surface area contributed by atoms with Crippen LogP contribution < -0.4 is 5.73 Å². The van der Waals surface area contributed by atoms with Gasteiger partial charge in [0.05, 0.1) is 35.1 Å². The van der Waals surface area contributed by atoms with Crippen molar-refractivity contribution in [3.05, 3.63) is 29.3 Å². The Morgan fingerprint density at radius 2 is 1.67 bits per heavy atom. The zero-order valence-electron chi connectivity index (χ0n) is 18.1. The molecule has 1 amide bonds. The zero-order chi connectivity index (χ0) is 24.8. The quantitative estimate of drug-likeness (QED) is 0.294. The van der Waals surface area contributed by atoms with Crippen molar-refractivity contribution in [1.29, 1.82) is 0 Å². The number of aliphatic hydroxyl groups excluding tert-OH is 1. The molecular weight excluding hydrogens is 436 g/mol. The number of Topliss-reactive ketones (excluding diaryl/α,β-unsaturated/α-hetero) is 4. The van der Waals surface area contributed by atoms with Gasteiger partial charge in [-0.05, 0) is 32.6 Å². The van der Waals surface area contributed by atoms with E-state index in [1.165, 1.54) is 44.1 Å². The summed E-state index contributed by atoms with van der Waals surface area (Å²) in [6, 6.07) is 2.40. The molecule has 0 bridgehead atoms. The van der Waals surface area contributed by atoms with Crippen LogP contribution in [0.25, 0.3) is 0 Å². The third-order valence-electron chi connectivity index (χ3n) is 7.40. The first-order valence-corrected chi connectivity index (χ1v) is 10.3. The summed E-state index contributed by atoms with van der Waals surface area (Å²) in [4.78, 5) is 66.4. The van der Waals surface area contributed by atoms with Gasteiger partial charge in [0.2, 0.25) is 5.91 Å². The van der Waals surface area contributed by atoms with E-state index in [1.54, 1.807) is 0 Å². The number of carbonyl (C=O) groups excluding carboxylic acids is 5. The second-order valence-corrected chi connectivity index (χ2v) is 9.37. The first-order chi connectivity index (χ1) is 15.2. The first-order valence-electron chi connectivity index (χ1n) is 10.3. The fourth-order valence-electron chi connectivity index (χ4n) is 5.97. The Balaban J connectivity index is 2.01. The van der Waals surface area contributed by atoms with Crippen LogP contribution in [0.4, 0.5) is 0 Å². The number of aliphatic hydroxyl groups is 3. The number of nitrogens with two attached hydrogens (primary N) is 1. The van der Waals surface area contributed by atoms with Crippen molar-refractivity contribution in [2.75, 3.05) is 14.1 Å². The van der Waals surface area contributed by atoms with Crippen LogP contribution in [0.15, 0.2) is 18.2 Å². The molecule has 2 saturated carbocycles. The fraction of sp³-hybridized carbons (Fsp3) is 0.500. The number of fused-ring (bicyclic) bond motifs is 3. The summed E-state index contributed by atoms with van der Waals surface area (Å²) in [7, 11) is 2.77. The van der Waals surface area contributed by atoms with Crippen molar-refractivity contribution in [3.63, 3.8) is 0 Å². The lowest BCUT2D eigenvalue weighted by Gasteiger charge is -2.57. The molecule has 0 aliphatic heterocycles. The molecule has 176 valence electrons. The van der Waals surface area contributed by atoms with E-state index in [1.807, 2.05) is 0 Å². The van der Waals surface area contributed by atoms with E-state index in [2.05, 4.69) is 0 Å². The molecule has 1 aromatic carbocycles. The first kappa shape index (κ1) is 23.2. The predicted molar refractivity (Wildman–Crippen MR) is 109 cm³/mol. The van der Waals surface area contributed by atoms with Gasteiger partial charge in [0.15, 0.2) is 34.7 Å². The summed E-state index contributed by atoms with van der Waals surface area (Å²) in [6.07, 6.45) is -1.90. The van der Waals surface area contributed by atoms with Gasteiger partial charge < -0.3 is 26.2 Å². The van der Waals surface area contributed by atoms with Crippen molar-refractivity contribution in [2.45, 2.75) is 30.3 Å². The zero-order valence-corrected chi connectivity index (χ0v) is 18.1. The summed E-state index contributed by atoms with van der Waals surface area (Å²) in [5.41, 5.74) is -0.350. The Hall–Kier alpha value is -2.99. The maximum atomic E-state index is 13.7. The van der Waals surface area contributed by atoms with Crippen LogP contribution in [-0.2, 0) is 24.8 Å². The number of amides is 1. The second kappa shape index (κ2) is 7.00. The molecule has 0 radical (unpaired) electrons. The summed E-state index contributed by atoms with van der Waals surface area (Å²) >= 11 is 0. The van der Waals surface area contributed by atoms with Gasteiger partial charge in [0.25, 0.3) is 0 Å². The topological polar surface area (TPSA) is 196 Å². The van der Waals surface area contributed by atoms with Crippen molar-refractivity contribution in [3.8, 4) is 5.75 Å². The molecule has 4 rings (SSSR count). The van der Waals surface area contributed by atoms with Crippen molar-refractivity contribution >= 4 is 29.0 Å². The average Bonchev–Trinajstić information content (AvgIpc) is 2.70. The Morgan fingerprint density at radius 1 is 1.06 bits per heavy atom. The highest BCUT2D eigenvalue weighted by atomic mass is 16.3. The Kier molecular flexibility index (Phi) is 4.92. The number of likely N-dealkylation sites (N-methyl/N-ethyl adjacent to an activating group) is 1. The molecule has 8 atom stereocenters. The maximum absolute atomic E-state index is 13.7. The average molecular weight is 460 g/mol. The number of rotatable bonds is 2. The fourth-order valence-corrected chi connectivity index (χ4v) is 5.97. The lowest BCUT2D eigenvalue weighted by atomic mass is 9.48. The Morgan fingerprint density at radius 3 is 2.21 bits per heavy atom. The van der Waals surface area contributed by atoms with Crippen molar-refractivity contribution in [1.82, 2.24) is 4.90 Å². The number of hydrogen-bond donors (Lipinski definition) is 5.